The summed E-state index contributed by atoms with van der Waals surface area (Å²) in [5.41, 5.74) is 8.19. The van der Waals surface area contributed by atoms with Crippen molar-refractivity contribution < 1.29 is 9.84 Å². The number of aromatic hydroxyl groups is 1. The van der Waals surface area contributed by atoms with Crippen molar-refractivity contribution >= 4 is 35.1 Å². The number of phenols is 1. The van der Waals surface area contributed by atoms with Crippen molar-refractivity contribution in [1.82, 2.24) is 5.43 Å². The topological polar surface area (TPSA) is 79.9 Å². The Morgan fingerprint density at radius 1 is 1.71 bits per heavy atom. The van der Waals surface area contributed by atoms with Crippen LogP contribution >= 0.6 is 23.8 Å². The molecule has 0 aliphatic carbocycles. The highest BCUT2D eigenvalue weighted by Crippen LogP contribution is 2.31. The fourth-order valence-corrected chi connectivity index (χ4v) is 1.35. The highest BCUT2D eigenvalue weighted by molar-refractivity contribution is 7.80. The van der Waals surface area contributed by atoms with E-state index >= 15 is 0 Å². The van der Waals surface area contributed by atoms with Crippen molar-refractivity contribution in [1.29, 1.82) is 0 Å². The van der Waals surface area contributed by atoms with Crippen LogP contribution in [0, 0.1) is 0 Å². The second-order valence-electron chi connectivity index (χ2n) is 3.01. The molecule has 0 aromatic heterocycles. The third-order valence-electron chi connectivity index (χ3n) is 1.76. The summed E-state index contributed by atoms with van der Waals surface area (Å²) in [5.74, 6) is 0.324. The lowest BCUT2D eigenvalue weighted by Crippen LogP contribution is -2.24. The second kappa shape index (κ2) is 6.27. The molecule has 0 fully saturated rings. The van der Waals surface area contributed by atoms with Gasteiger partial charge in [0.25, 0.3) is 0 Å². The molecule has 7 heteroatoms. The van der Waals surface area contributed by atoms with Gasteiger partial charge in [0.15, 0.2) is 16.6 Å². The van der Waals surface area contributed by atoms with Crippen LogP contribution in [0.15, 0.2) is 17.2 Å². The van der Waals surface area contributed by atoms with Gasteiger partial charge in [-0.15, -0.1) is 0 Å². The van der Waals surface area contributed by atoms with E-state index in [0.29, 0.717) is 22.9 Å². The van der Waals surface area contributed by atoms with Crippen molar-refractivity contribution in [3.63, 3.8) is 0 Å². The van der Waals surface area contributed by atoms with E-state index in [-0.39, 0.29) is 10.9 Å². The number of hydrazone groups is 1. The molecular formula is C10H12ClN3O2S. The lowest BCUT2D eigenvalue weighted by atomic mass is 10.2. The highest BCUT2D eigenvalue weighted by atomic mass is 35.5. The van der Waals surface area contributed by atoms with E-state index in [1.165, 1.54) is 12.3 Å². The molecule has 17 heavy (non-hydrogen) atoms. The van der Waals surface area contributed by atoms with Gasteiger partial charge in [-0.1, -0.05) is 11.6 Å². The summed E-state index contributed by atoms with van der Waals surface area (Å²) >= 11 is 10.5. The van der Waals surface area contributed by atoms with Gasteiger partial charge >= 0.3 is 0 Å². The minimum absolute atomic E-state index is 0.0173. The zero-order valence-corrected chi connectivity index (χ0v) is 10.7. The maximum absolute atomic E-state index is 9.55. The van der Waals surface area contributed by atoms with Crippen molar-refractivity contribution in [2.24, 2.45) is 10.8 Å². The third-order valence-corrected chi connectivity index (χ3v) is 2.18. The lowest BCUT2D eigenvalue weighted by Gasteiger charge is -2.07. The number of thiocarbonyl (C=S) groups is 1. The molecular weight excluding hydrogens is 262 g/mol. The number of halogens is 1. The van der Waals surface area contributed by atoms with Crippen molar-refractivity contribution in [3.8, 4) is 11.5 Å². The summed E-state index contributed by atoms with van der Waals surface area (Å²) in [4.78, 5) is 0. The third kappa shape index (κ3) is 4.08. The number of nitrogens with one attached hydrogen (secondary N) is 1. The standard InChI is InChI=1S/C10H12ClN3O2S/c1-2-16-9-3-6(5-13-14-10(12)17)7(11)4-8(9)15/h3-5,15H,2H2,1H3,(H3,12,14,17). The molecule has 0 spiro atoms. The normalized spacial score (nSPS) is 10.5. The fraction of sp³-hybridized carbons (Fsp3) is 0.200. The number of nitrogens with zero attached hydrogens (tertiary/aromatic N) is 1. The molecule has 1 aromatic carbocycles. The first-order chi connectivity index (χ1) is 8.04. The summed E-state index contributed by atoms with van der Waals surface area (Å²) < 4.78 is 5.22. The Hall–Kier alpha value is -1.53. The average molecular weight is 274 g/mol. The zero-order valence-electron chi connectivity index (χ0n) is 9.11. The maximum atomic E-state index is 9.55. The summed E-state index contributed by atoms with van der Waals surface area (Å²) in [6.45, 7) is 2.26. The molecule has 0 saturated carbocycles. The van der Waals surface area contributed by atoms with E-state index in [1.54, 1.807) is 6.07 Å². The molecule has 0 heterocycles. The van der Waals surface area contributed by atoms with Crippen LogP contribution in [-0.2, 0) is 0 Å². The van der Waals surface area contributed by atoms with Crippen LogP contribution in [0.1, 0.15) is 12.5 Å². The second-order valence-corrected chi connectivity index (χ2v) is 3.86. The Labute approximate surface area is 109 Å². The van der Waals surface area contributed by atoms with E-state index in [1.807, 2.05) is 6.92 Å². The first-order valence-electron chi connectivity index (χ1n) is 4.78. The van der Waals surface area contributed by atoms with Gasteiger partial charge in [0.05, 0.1) is 17.8 Å². The predicted octanol–water partition coefficient (Wildman–Crippen LogP) is 1.61. The van der Waals surface area contributed by atoms with Gasteiger partial charge < -0.3 is 15.6 Å². The minimum atomic E-state index is -0.0173. The Morgan fingerprint density at radius 3 is 3.00 bits per heavy atom. The summed E-state index contributed by atoms with van der Waals surface area (Å²) in [7, 11) is 0. The van der Waals surface area contributed by atoms with Crippen LogP contribution < -0.4 is 15.9 Å². The molecule has 0 atom stereocenters. The molecule has 4 N–H and O–H groups in total. The Bertz CT molecular complexity index is 451. The predicted molar refractivity (Wildman–Crippen MR) is 71.8 cm³/mol. The molecule has 0 amide bonds. The van der Waals surface area contributed by atoms with E-state index in [2.05, 4.69) is 22.7 Å². The van der Waals surface area contributed by atoms with Gasteiger partial charge in [0.1, 0.15) is 0 Å². The number of hydrogen-bond acceptors (Lipinski definition) is 4. The van der Waals surface area contributed by atoms with E-state index in [4.69, 9.17) is 22.1 Å². The van der Waals surface area contributed by atoms with Crippen LogP contribution in [0.4, 0.5) is 0 Å². The van der Waals surface area contributed by atoms with Gasteiger partial charge in [-0.25, -0.2) is 0 Å². The van der Waals surface area contributed by atoms with Gasteiger partial charge in [-0.2, -0.15) is 5.10 Å². The molecule has 92 valence electrons. The van der Waals surface area contributed by atoms with Crippen LogP contribution in [0.5, 0.6) is 11.5 Å². The Morgan fingerprint density at radius 2 is 2.41 bits per heavy atom. The number of nitrogens with two attached hydrogens (primary N) is 1. The van der Waals surface area contributed by atoms with Gasteiger partial charge in [-0.3, -0.25) is 5.43 Å². The number of ether oxygens (including phenoxy) is 1. The lowest BCUT2D eigenvalue weighted by molar-refractivity contribution is 0.318. The van der Waals surface area contributed by atoms with Gasteiger partial charge in [-0.05, 0) is 25.2 Å². The van der Waals surface area contributed by atoms with E-state index in [0.717, 1.165) is 0 Å². The van der Waals surface area contributed by atoms with E-state index in [9.17, 15) is 5.11 Å². The summed E-state index contributed by atoms with van der Waals surface area (Å²) in [6, 6.07) is 2.96. The van der Waals surface area contributed by atoms with E-state index < -0.39 is 0 Å². The maximum Gasteiger partial charge on any atom is 0.184 e. The molecule has 1 aromatic rings. The minimum Gasteiger partial charge on any atom is -0.504 e. The van der Waals surface area contributed by atoms with Crippen molar-refractivity contribution in [3.05, 3.63) is 22.7 Å². The molecule has 5 nitrogen and oxygen atoms in total. The monoisotopic (exact) mass is 273 g/mol. The quantitative estimate of drug-likeness (QED) is 0.441. The molecule has 0 radical (unpaired) electrons. The van der Waals surface area contributed by atoms with Crippen LogP contribution in [0.2, 0.25) is 5.02 Å². The summed E-state index contributed by atoms with van der Waals surface area (Å²) in [5, 5.41) is 13.7. The molecule has 1 rings (SSSR count). The van der Waals surface area contributed by atoms with Gasteiger partial charge in [0, 0.05) is 11.6 Å². The van der Waals surface area contributed by atoms with Crippen LogP contribution in [0.25, 0.3) is 0 Å². The zero-order chi connectivity index (χ0) is 12.8. The Kier molecular flexibility index (Phi) is 4.99. The molecule has 0 aliphatic rings. The van der Waals surface area contributed by atoms with Crippen molar-refractivity contribution in [2.45, 2.75) is 6.92 Å². The molecule has 0 aliphatic heterocycles. The summed E-state index contributed by atoms with van der Waals surface area (Å²) in [6.07, 6.45) is 1.43. The largest absolute Gasteiger partial charge is 0.504 e. The molecule has 0 unspecified atom stereocenters. The van der Waals surface area contributed by atoms with Crippen LogP contribution in [-0.4, -0.2) is 23.0 Å². The smallest absolute Gasteiger partial charge is 0.184 e. The Balaban J connectivity index is 2.94. The first kappa shape index (κ1) is 13.5. The highest BCUT2D eigenvalue weighted by Gasteiger charge is 2.07. The number of benzene rings is 1. The fourth-order valence-electron chi connectivity index (χ4n) is 1.09. The van der Waals surface area contributed by atoms with Crippen LogP contribution in [0.3, 0.4) is 0 Å². The molecule has 0 saturated heterocycles. The first-order valence-corrected chi connectivity index (χ1v) is 5.57. The van der Waals surface area contributed by atoms with Crippen molar-refractivity contribution in [2.75, 3.05) is 6.61 Å². The number of phenolic OH excluding ortho intramolecular Hbond substituents is 1. The molecule has 0 bridgehead atoms. The average Bonchev–Trinajstić information content (AvgIpc) is 2.24. The number of rotatable bonds is 4. The van der Waals surface area contributed by atoms with Gasteiger partial charge in [0.2, 0.25) is 0 Å². The number of hydrogen-bond donors (Lipinski definition) is 3. The SMILES string of the molecule is CCOc1cc(C=NNC(N)=S)c(Cl)cc1O.